The maximum Gasteiger partial charge on any atom is 0.226 e. The highest BCUT2D eigenvalue weighted by Gasteiger charge is 2.36. The molecule has 0 radical (unpaired) electrons. The normalized spacial score (nSPS) is 16.1. The molecule has 3 aromatic rings. The fourth-order valence-electron chi connectivity index (χ4n) is 3.34. The van der Waals surface area contributed by atoms with Gasteiger partial charge in [0.05, 0.1) is 17.3 Å². The molecule has 1 atom stereocenters. The molecule has 1 aromatic heterocycles. The van der Waals surface area contributed by atoms with Crippen molar-refractivity contribution in [2.75, 3.05) is 5.32 Å². The zero-order valence-electron chi connectivity index (χ0n) is 14.1. The van der Waals surface area contributed by atoms with Crippen molar-refractivity contribution in [3.05, 3.63) is 76.4 Å². The molecule has 0 spiro atoms. The molecule has 4 rings (SSSR count). The lowest BCUT2D eigenvalue weighted by atomic mass is 9.85. The van der Waals surface area contributed by atoms with Gasteiger partial charge in [-0.2, -0.15) is 5.10 Å². The second kappa shape index (κ2) is 6.42. The number of Topliss-reactive ketones (excluding diaryl/α,β-unsaturated/α-hetero) is 1. The maximum atomic E-state index is 13.0. The highest BCUT2D eigenvalue weighted by molar-refractivity contribution is 6.30. The molecule has 130 valence electrons. The zero-order valence-corrected chi connectivity index (χ0v) is 14.8. The number of fused-ring (bicyclic) bond motifs is 1. The molecule has 1 aliphatic heterocycles. The molecular weight excluding hydrogens is 350 g/mol. The zero-order chi connectivity index (χ0) is 18.3. The van der Waals surface area contributed by atoms with Crippen LogP contribution in [0.25, 0.3) is 5.69 Å². The predicted molar refractivity (Wildman–Crippen MR) is 100 cm³/mol. The van der Waals surface area contributed by atoms with Crippen molar-refractivity contribution in [1.82, 2.24) is 9.78 Å². The summed E-state index contributed by atoms with van der Waals surface area (Å²) in [6.45, 7) is 1.86. The Kier molecular flexibility index (Phi) is 4.09. The number of amides is 1. The van der Waals surface area contributed by atoms with Crippen LogP contribution in [0.1, 0.15) is 34.0 Å². The molecule has 0 saturated carbocycles. The minimum Gasteiger partial charge on any atom is -0.310 e. The third-order valence-corrected chi connectivity index (χ3v) is 4.80. The number of hydrogen-bond donors (Lipinski definition) is 1. The number of rotatable bonds is 3. The van der Waals surface area contributed by atoms with Crippen LogP contribution in [-0.4, -0.2) is 21.5 Å². The van der Waals surface area contributed by atoms with Crippen LogP contribution in [0, 0.1) is 6.92 Å². The monoisotopic (exact) mass is 365 g/mol. The van der Waals surface area contributed by atoms with Gasteiger partial charge in [0.25, 0.3) is 0 Å². The van der Waals surface area contributed by atoms with E-state index < -0.39 is 5.92 Å². The summed E-state index contributed by atoms with van der Waals surface area (Å²) in [5.74, 6) is -0.250. The summed E-state index contributed by atoms with van der Waals surface area (Å²) in [6, 6.07) is 16.2. The van der Waals surface area contributed by atoms with Crippen molar-refractivity contribution in [2.24, 2.45) is 0 Å². The van der Waals surface area contributed by atoms with E-state index in [1.807, 2.05) is 37.3 Å². The number of benzene rings is 2. The van der Waals surface area contributed by atoms with E-state index in [-0.39, 0.29) is 18.1 Å². The van der Waals surface area contributed by atoms with E-state index in [9.17, 15) is 9.59 Å². The number of aromatic nitrogens is 2. The van der Waals surface area contributed by atoms with Crippen LogP contribution in [0.15, 0.2) is 54.6 Å². The Bertz CT molecular complexity index is 994. The molecule has 0 saturated heterocycles. The van der Waals surface area contributed by atoms with Crippen molar-refractivity contribution in [3.8, 4) is 5.69 Å². The van der Waals surface area contributed by atoms with Gasteiger partial charge in [-0.25, -0.2) is 4.68 Å². The van der Waals surface area contributed by atoms with E-state index in [4.69, 9.17) is 11.6 Å². The molecule has 26 heavy (non-hydrogen) atoms. The number of nitrogens with zero attached hydrogens (tertiary/aromatic N) is 2. The standard InChI is InChI=1S/C20H16ClN3O2/c1-12-18-16(19(26)13-5-3-2-4-6-13)11-17(25)22-20(18)24(23-12)15-9-7-14(21)8-10-15/h2-10,16H,11H2,1H3,(H,22,25). The molecular formula is C20H16ClN3O2. The number of carbonyl (C=O) groups is 2. The predicted octanol–water partition coefficient (Wildman–Crippen LogP) is 4.14. The van der Waals surface area contributed by atoms with Crippen molar-refractivity contribution in [3.63, 3.8) is 0 Å². The Morgan fingerprint density at radius 2 is 1.85 bits per heavy atom. The first kappa shape index (κ1) is 16.5. The van der Waals surface area contributed by atoms with Crippen molar-refractivity contribution in [1.29, 1.82) is 0 Å². The van der Waals surface area contributed by atoms with Crippen LogP contribution in [0.2, 0.25) is 5.02 Å². The summed E-state index contributed by atoms with van der Waals surface area (Å²) in [7, 11) is 0. The van der Waals surface area contributed by atoms with Crippen LogP contribution in [-0.2, 0) is 4.79 Å². The van der Waals surface area contributed by atoms with Gasteiger partial charge < -0.3 is 5.32 Å². The summed E-state index contributed by atoms with van der Waals surface area (Å²) in [4.78, 5) is 25.3. The van der Waals surface area contributed by atoms with Crippen LogP contribution in [0.5, 0.6) is 0 Å². The van der Waals surface area contributed by atoms with E-state index in [0.717, 1.165) is 16.9 Å². The van der Waals surface area contributed by atoms with Gasteiger partial charge in [-0.1, -0.05) is 41.9 Å². The van der Waals surface area contributed by atoms with Crippen molar-refractivity contribution in [2.45, 2.75) is 19.3 Å². The van der Waals surface area contributed by atoms with Crippen LogP contribution < -0.4 is 5.32 Å². The third kappa shape index (κ3) is 2.80. The third-order valence-electron chi connectivity index (χ3n) is 4.55. The lowest BCUT2D eigenvalue weighted by molar-refractivity contribution is -0.116. The molecule has 5 nitrogen and oxygen atoms in total. The average Bonchev–Trinajstić information content (AvgIpc) is 2.98. The second-order valence-electron chi connectivity index (χ2n) is 6.27. The topological polar surface area (TPSA) is 64.0 Å². The fourth-order valence-corrected chi connectivity index (χ4v) is 3.47. The largest absolute Gasteiger partial charge is 0.310 e. The second-order valence-corrected chi connectivity index (χ2v) is 6.71. The summed E-state index contributed by atoms with van der Waals surface area (Å²) in [5, 5.41) is 8.05. The van der Waals surface area contributed by atoms with Gasteiger partial charge in [0, 0.05) is 22.6 Å². The van der Waals surface area contributed by atoms with Crippen molar-refractivity contribution >= 4 is 29.1 Å². The number of halogens is 1. The highest BCUT2D eigenvalue weighted by Crippen LogP contribution is 2.38. The van der Waals surface area contributed by atoms with Crippen LogP contribution in [0.4, 0.5) is 5.82 Å². The first-order valence-electron chi connectivity index (χ1n) is 8.29. The molecule has 1 amide bonds. The Hall–Kier alpha value is -2.92. The van der Waals surface area contributed by atoms with Gasteiger partial charge in [0.1, 0.15) is 5.82 Å². The molecule has 1 unspecified atom stereocenters. The molecule has 0 bridgehead atoms. The highest BCUT2D eigenvalue weighted by atomic mass is 35.5. The molecule has 2 aromatic carbocycles. The minimum atomic E-state index is -0.540. The lowest BCUT2D eigenvalue weighted by Crippen LogP contribution is -2.28. The van der Waals surface area contributed by atoms with Gasteiger partial charge in [-0.05, 0) is 31.2 Å². The Balaban J connectivity index is 1.82. The summed E-state index contributed by atoms with van der Waals surface area (Å²) in [5.41, 5.74) is 2.86. The van der Waals surface area contributed by atoms with Crippen molar-refractivity contribution < 1.29 is 9.59 Å². The number of hydrogen-bond acceptors (Lipinski definition) is 3. The Morgan fingerprint density at radius 1 is 1.15 bits per heavy atom. The van der Waals surface area contributed by atoms with Gasteiger partial charge in [0.2, 0.25) is 5.91 Å². The quantitative estimate of drug-likeness (QED) is 0.709. The average molecular weight is 366 g/mol. The fraction of sp³-hybridized carbons (Fsp3) is 0.150. The van der Waals surface area contributed by atoms with Gasteiger partial charge in [-0.3, -0.25) is 9.59 Å². The number of ketones is 1. The Morgan fingerprint density at radius 3 is 2.54 bits per heavy atom. The maximum absolute atomic E-state index is 13.0. The van der Waals surface area contributed by atoms with Gasteiger partial charge in [-0.15, -0.1) is 0 Å². The van der Waals surface area contributed by atoms with E-state index >= 15 is 0 Å². The molecule has 2 heterocycles. The first-order chi connectivity index (χ1) is 12.5. The summed E-state index contributed by atoms with van der Waals surface area (Å²) >= 11 is 5.96. The molecule has 1 N–H and O–H groups in total. The summed E-state index contributed by atoms with van der Waals surface area (Å²) in [6.07, 6.45) is 0.119. The smallest absolute Gasteiger partial charge is 0.226 e. The first-order valence-corrected chi connectivity index (χ1v) is 8.67. The lowest BCUT2D eigenvalue weighted by Gasteiger charge is -2.23. The Labute approximate surface area is 155 Å². The number of nitrogens with one attached hydrogen (secondary N) is 1. The molecule has 1 aliphatic rings. The van der Waals surface area contributed by atoms with Gasteiger partial charge >= 0.3 is 0 Å². The number of aryl methyl sites for hydroxylation is 1. The van der Waals surface area contributed by atoms with Crippen LogP contribution in [0.3, 0.4) is 0 Å². The molecule has 0 aliphatic carbocycles. The molecule has 6 heteroatoms. The minimum absolute atomic E-state index is 0.0690. The van der Waals surface area contributed by atoms with E-state index in [2.05, 4.69) is 10.4 Å². The number of anilines is 1. The van der Waals surface area contributed by atoms with Crippen LogP contribution >= 0.6 is 11.6 Å². The van der Waals surface area contributed by atoms with E-state index in [1.165, 1.54) is 0 Å². The SMILES string of the molecule is Cc1nn(-c2ccc(Cl)cc2)c2c1C(C(=O)c1ccccc1)CC(=O)N2. The summed E-state index contributed by atoms with van der Waals surface area (Å²) < 4.78 is 1.66. The van der Waals surface area contributed by atoms with E-state index in [0.29, 0.717) is 16.4 Å². The van der Waals surface area contributed by atoms with Gasteiger partial charge in [0.15, 0.2) is 5.78 Å². The van der Waals surface area contributed by atoms with E-state index in [1.54, 1.807) is 28.9 Å². The molecule has 0 fully saturated rings. The number of carbonyl (C=O) groups excluding carboxylic acids is 2.